The van der Waals surface area contributed by atoms with Crippen LogP contribution in [0.15, 0.2) is 0 Å². The highest BCUT2D eigenvalue weighted by Crippen LogP contribution is 2.47. The standard InChI is InChI=1S/C11H21O4P/c1-9(12)5-6-10(2)15-16-13-7-11(3,4)8-14-16/h10H,5-8H2,1-4H3. The molecule has 1 saturated heterocycles. The average molecular weight is 248 g/mol. The van der Waals surface area contributed by atoms with Gasteiger partial charge in [0.2, 0.25) is 0 Å². The highest BCUT2D eigenvalue weighted by molar-refractivity contribution is 7.41. The molecule has 0 aromatic carbocycles. The van der Waals surface area contributed by atoms with E-state index in [4.69, 9.17) is 13.6 Å². The first-order valence-corrected chi connectivity index (χ1v) is 6.71. The number of carbonyl (C=O) groups excluding carboxylic acids is 1. The minimum Gasteiger partial charge on any atom is -0.312 e. The van der Waals surface area contributed by atoms with Crippen molar-refractivity contribution in [3.8, 4) is 0 Å². The molecule has 1 aliphatic rings. The molecule has 1 aliphatic heterocycles. The molecule has 1 unspecified atom stereocenters. The van der Waals surface area contributed by atoms with E-state index >= 15 is 0 Å². The number of hydrogen-bond acceptors (Lipinski definition) is 4. The number of ketones is 1. The van der Waals surface area contributed by atoms with E-state index in [-0.39, 0.29) is 17.3 Å². The predicted octanol–water partition coefficient (Wildman–Crippen LogP) is 3.06. The third-order valence-electron chi connectivity index (χ3n) is 2.29. The molecule has 1 fully saturated rings. The van der Waals surface area contributed by atoms with Gasteiger partial charge in [0.15, 0.2) is 0 Å². The second kappa shape index (κ2) is 6.06. The van der Waals surface area contributed by atoms with E-state index in [0.29, 0.717) is 19.6 Å². The van der Waals surface area contributed by atoms with Crippen LogP contribution in [0.25, 0.3) is 0 Å². The Morgan fingerprint density at radius 1 is 1.44 bits per heavy atom. The molecule has 5 heteroatoms. The molecule has 0 N–H and O–H groups in total. The Morgan fingerprint density at radius 3 is 2.50 bits per heavy atom. The third-order valence-corrected chi connectivity index (χ3v) is 3.50. The van der Waals surface area contributed by atoms with E-state index in [9.17, 15) is 4.79 Å². The van der Waals surface area contributed by atoms with Crippen LogP contribution in [0.2, 0.25) is 0 Å². The molecule has 0 aromatic heterocycles. The Labute approximate surface area is 98.6 Å². The molecule has 0 radical (unpaired) electrons. The molecule has 0 saturated carbocycles. The van der Waals surface area contributed by atoms with Gasteiger partial charge in [-0.2, -0.15) is 0 Å². The highest BCUT2D eigenvalue weighted by Gasteiger charge is 2.31. The van der Waals surface area contributed by atoms with Crippen molar-refractivity contribution in [3.05, 3.63) is 0 Å². The van der Waals surface area contributed by atoms with Crippen LogP contribution in [-0.4, -0.2) is 25.1 Å². The van der Waals surface area contributed by atoms with Crippen LogP contribution in [0.1, 0.15) is 40.5 Å². The van der Waals surface area contributed by atoms with Gasteiger partial charge in [-0.25, -0.2) is 0 Å². The molecule has 0 aliphatic carbocycles. The summed E-state index contributed by atoms with van der Waals surface area (Å²) in [6, 6.07) is 0. The summed E-state index contributed by atoms with van der Waals surface area (Å²) in [7, 11) is -1.21. The zero-order valence-electron chi connectivity index (χ0n) is 10.5. The van der Waals surface area contributed by atoms with Gasteiger partial charge >= 0.3 is 8.60 Å². The SMILES string of the molecule is CC(=O)CCC(C)OP1OCC(C)(C)CO1. The second-order valence-corrected chi connectivity index (χ2v) is 6.27. The number of Topliss-reactive ketones (excluding diaryl/α,β-unsaturated/α-hetero) is 1. The lowest BCUT2D eigenvalue weighted by Gasteiger charge is -2.33. The topological polar surface area (TPSA) is 44.8 Å². The number of rotatable bonds is 5. The largest absolute Gasteiger partial charge is 0.332 e. The number of hydrogen-bond donors (Lipinski definition) is 0. The van der Waals surface area contributed by atoms with Crippen LogP contribution in [0.5, 0.6) is 0 Å². The first kappa shape index (κ1) is 14.0. The van der Waals surface area contributed by atoms with Crippen molar-refractivity contribution in [1.29, 1.82) is 0 Å². The van der Waals surface area contributed by atoms with Gasteiger partial charge in [-0.15, -0.1) is 0 Å². The van der Waals surface area contributed by atoms with Crippen LogP contribution < -0.4 is 0 Å². The Kier molecular flexibility index (Phi) is 5.32. The van der Waals surface area contributed by atoms with E-state index < -0.39 is 8.60 Å². The molecular weight excluding hydrogens is 227 g/mol. The summed E-state index contributed by atoms with van der Waals surface area (Å²) < 4.78 is 16.6. The summed E-state index contributed by atoms with van der Waals surface area (Å²) in [5.41, 5.74) is 0.0742. The zero-order chi connectivity index (χ0) is 12.2. The normalized spacial score (nSPS) is 23.0. The van der Waals surface area contributed by atoms with Crippen molar-refractivity contribution in [2.75, 3.05) is 13.2 Å². The smallest absolute Gasteiger partial charge is 0.312 e. The molecular formula is C11H21O4P. The monoisotopic (exact) mass is 248 g/mol. The van der Waals surface area contributed by atoms with Crippen molar-refractivity contribution in [1.82, 2.24) is 0 Å². The molecule has 0 amide bonds. The second-order valence-electron chi connectivity index (χ2n) is 5.09. The van der Waals surface area contributed by atoms with Crippen LogP contribution >= 0.6 is 8.60 Å². The van der Waals surface area contributed by atoms with E-state index in [2.05, 4.69) is 13.8 Å². The van der Waals surface area contributed by atoms with Crippen LogP contribution in [0.3, 0.4) is 0 Å². The molecule has 4 nitrogen and oxygen atoms in total. The van der Waals surface area contributed by atoms with E-state index in [1.54, 1.807) is 6.92 Å². The minimum atomic E-state index is -1.21. The Morgan fingerprint density at radius 2 is 2.00 bits per heavy atom. The van der Waals surface area contributed by atoms with Crippen LogP contribution in [-0.2, 0) is 18.4 Å². The van der Waals surface area contributed by atoms with Gasteiger partial charge in [-0.1, -0.05) is 13.8 Å². The molecule has 0 bridgehead atoms. The summed E-state index contributed by atoms with van der Waals surface area (Å²) in [6.45, 7) is 9.06. The molecule has 0 aromatic rings. The average Bonchev–Trinajstić information content (AvgIpc) is 2.18. The van der Waals surface area contributed by atoms with Gasteiger partial charge in [0, 0.05) is 11.8 Å². The van der Waals surface area contributed by atoms with Gasteiger partial charge in [0.05, 0.1) is 19.3 Å². The lowest BCUT2D eigenvalue weighted by atomic mass is 9.97. The van der Waals surface area contributed by atoms with Gasteiger partial charge in [0.1, 0.15) is 5.78 Å². The summed E-state index contributed by atoms with van der Waals surface area (Å²) in [4.78, 5) is 10.8. The highest BCUT2D eigenvalue weighted by atomic mass is 31.2. The zero-order valence-corrected chi connectivity index (χ0v) is 11.4. The van der Waals surface area contributed by atoms with Gasteiger partial charge < -0.3 is 18.4 Å². The molecule has 16 heavy (non-hydrogen) atoms. The Balaban J connectivity index is 2.20. The van der Waals surface area contributed by atoms with Crippen molar-refractivity contribution >= 4 is 14.4 Å². The molecule has 94 valence electrons. The van der Waals surface area contributed by atoms with Crippen LogP contribution in [0.4, 0.5) is 0 Å². The maximum Gasteiger partial charge on any atom is 0.332 e. The molecule has 1 rings (SSSR count). The van der Waals surface area contributed by atoms with Gasteiger partial charge in [0.25, 0.3) is 0 Å². The third kappa shape index (κ3) is 5.35. The summed E-state index contributed by atoms with van der Waals surface area (Å²) in [5.74, 6) is 0.190. The lowest BCUT2D eigenvalue weighted by Crippen LogP contribution is -2.29. The van der Waals surface area contributed by atoms with Gasteiger partial charge in [-0.3, -0.25) is 0 Å². The fourth-order valence-electron chi connectivity index (χ4n) is 1.20. The van der Waals surface area contributed by atoms with Crippen molar-refractivity contribution in [2.45, 2.75) is 46.6 Å². The molecule has 0 spiro atoms. The first-order valence-electron chi connectivity index (χ1n) is 5.61. The van der Waals surface area contributed by atoms with Crippen molar-refractivity contribution < 1.29 is 18.4 Å². The van der Waals surface area contributed by atoms with E-state index in [1.807, 2.05) is 6.92 Å². The quantitative estimate of drug-likeness (QED) is 0.701. The van der Waals surface area contributed by atoms with E-state index in [1.165, 1.54) is 0 Å². The van der Waals surface area contributed by atoms with E-state index in [0.717, 1.165) is 6.42 Å². The first-order chi connectivity index (χ1) is 7.39. The summed E-state index contributed by atoms with van der Waals surface area (Å²) in [5, 5.41) is 0. The lowest BCUT2D eigenvalue weighted by molar-refractivity contribution is -0.117. The Bertz CT molecular complexity index is 232. The maximum atomic E-state index is 10.8. The van der Waals surface area contributed by atoms with Crippen molar-refractivity contribution in [2.24, 2.45) is 5.41 Å². The predicted molar refractivity (Wildman–Crippen MR) is 63.1 cm³/mol. The summed E-state index contributed by atoms with van der Waals surface area (Å²) in [6.07, 6.45) is 1.29. The van der Waals surface area contributed by atoms with Gasteiger partial charge in [-0.05, 0) is 20.3 Å². The fraction of sp³-hybridized carbons (Fsp3) is 0.909. The Hall–Kier alpha value is -0.0200. The minimum absolute atomic E-state index is 0.0104. The van der Waals surface area contributed by atoms with Crippen molar-refractivity contribution in [3.63, 3.8) is 0 Å². The maximum absolute atomic E-state index is 10.8. The fourth-order valence-corrected chi connectivity index (χ4v) is 2.71. The molecule has 1 heterocycles. The number of carbonyl (C=O) groups is 1. The van der Waals surface area contributed by atoms with Crippen LogP contribution in [0, 0.1) is 5.41 Å². The molecule has 1 atom stereocenters. The summed E-state index contributed by atoms with van der Waals surface area (Å²) >= 11 is 0.